The average molecular weight is 280 g/mol. The van der Waals surface area contributed by atoms with Gasteiger partial charge in [0.15, 0.2) is 0 Å². The van der Waals surface area contributed by atoms with E-state index in [2.05, 4.69) is 4.98 Å². The van der Waals surface area contributed by atoms with Crippen molar-refractivity contribution in [3.8, 4) is 5.88 Å². The molecule has 2 heterocycles. The van der Waals surface area contributed by atoms with E-state index in [0.717, 1.165) is 0 Å². The van der Waals surface area contributed by atoms with Gasteiger partial charge in [-0.1, -0.05) is 0 Å². The van der Waals surface area contributed by atoms with Gasteiger partial charge in [0.25, 0.3) is 0 Å². The molecule has 2 rings (SSSR count). The molecule has 1 saturated heterocycles. The normalized spacial score (nSPS) is 15.9. The lowest BCUT2D eigenvalue weighted by molar-refractivity contribution is -0.384. The summed E-state index contributed by atoms with van der Waals surface area (Å²) in [5, 5.41) is 11.1. The van der Waals surface area contributed by atoms with E-state index in [9.17, 15) is 14.9 Å². The number of nitrogens with two attached hydrogens (primary N) is 1. The zero-order valence-electron chi connectivity index (χ0n) is 11.1. The van der Waals surface area contributed by atoms with E-state index in [4.69, 9.17) is 10.5 Å². The van der Waals surface area contributed by atoms with Crippen LogP contribution in [0.4, 0.5) is 11.4 Å². The molecule has 108 valence electrons. The van der Waals surface area contributed by atoms with Crippen LogP contribution in [0, 0.1) is 16.0 Å². The minimum absolute atomic E-state index is 0.0664. The standard InChI is InChI=1S/C12H16N4O4/c1-20-11-6-9(10(7-14-11)16(18)19)15-4-2-8(3-5-15)12(13)17/h6-8H,2-5H2,1H3,(H2,13,17). The summed E-state index contributed by atoms with van der Waals surface area (Å²) in [6.07, 6.45) is 2.38. The minimum Gasteiger partial charge on any atom is -0.481 e. The molecule has 0 saturated carbocycles. The number of amides is 1. The van der Waals surface area contributed by atoms with Gasteiger partial charge in [0.2, 0.25) is 11.8 Å². The van der Waals surface area contributed by atoms with E-state index in [-0.39, 0.29) is 17.5 Å². The van der Waals surface area contributed by atoms with Gasteiger partial charge in [0, 0.05) is 25.1 Å². The van der Waals surface area contributed by atoms with Crippen molar-refractivity contribution in [2.75, 3.05) is 25.1 Å². The number of primary amides is 1. The lowest BCUT2D eigenvalue weighted by atomic mass is 9.96. The van der Waals surface area contributed by atoms with Crippen LogP contribution in [0.1, 0.15) is 12.8 Å². The Bertz CT molecular complexity index is 526. The highest BCUT2D eigenvalue weighted by atomic mass is 16.6. The summed E-state index contributed by atoms with van der Waals surface area (Å²) in [7, 11) is 1.46. The van der Waals surface area contributed by atoms with E-state index in [1.165, 1.54) is 13.3 Å². The fourth-order valence-corrected chi connectivity index (χ4v) is 2.33. The summed E-state index contributed by atoms with van der Waals surface area (Å²) in [6.45, 7) is 1.09. The molecule has 0 unspecified atom stereocenters. The first-order valence-corrected chi connectivity index (χ1v) is 6.25. The molecule has 1 fully saturated rings. The van der Waals surface area contributed by atoms with Crippen LogP contribution in [0.3, 0.4) is 0 Å². The first-order chi connectivity index (χ1) is 9.52. The van der Waals surface area contributed by atoms with Crippen molar-refractivity contribution in [2.45, 2.75) is 12.8 Å². The maximum absolute atomic E-state index is 11.1. The number of pyridine rings is 1. The molecule has 1 aromatic heterocycles. The van der Waals surface area contributed by atoms with Gasteiger partial charge in [-0.15, -0.1) is 0 Å². The number of aromatic nitrogens is 1. The molecule has 1 amide bonds. The maximum atomic E-state index is 11.1. The SMILES string of the molecule is COc1cc(N2CCC(C(N)=O)CC2)c([N+](=O)[O-])cn1. The van der Waals surface area contributed by atoms with E-state index >= 15 is 0 Å². The monoisotopic (exact) mass is 280 g/mol. The Morgan fingerprint density at radius 2 is 2.20 bits per heavy atom. The molecule has 0 atom stereocenters. The summed E-state index contributed by atoms with van der Waals surface area (Å²) in [6, 6.07) is 1.54. The third-order valence-electron chi connectivity index (χ3n) is 3.48. The quantitative estimate of drug-likeness (QED) is 0.641. The zero-order chi connectivity index (χ0) is 14.7. The number of nitro groups is 1. The van der Waals surface area contributed by atoms with Crippen molar-refractivity contribution in [2.24, 2.45) is 11.7 Å². The van der Waals surface area contributed by atoms with E-state index in [1.54, 1.807) is 6.07 Å². The summed E-state index contributed by atoms with van der Waals surface area (Å²) in [5.41, 5.74) is 5.68. The van der Waals surface area contributed by atoms with E-state index < -0.39 is 4.92 Å². The van der Waals surface area contributed by atoms with E-state index in [1.807, 2.05) is 4.90 Å². The van der Waals surface area contributed by atoms with Crippen LogP contribution in [0.15, 0.2) is 12.3 Å². The Morgan fingerprint density at radius 3 is 2.70 bits per heavy atom. The summed E-state index contributed by atoms with van der Waals surface area (Å²) >= 11 is 0. The Hall–Kier alpha value is -2.38. The number of hydrogen-bond acceptors (Lipinski definition) is 6. The zero-order valence-corrected chi connectivity index (χ0v) is 11.1. The second-order valence-electron chi connectivity index (χ2n) is 4.64. The highest BCUT2D eigenvalue weighted by molar-refractivity contribution is 5.77. The van der Waals surface area contributed by atoms with Crippen molar-refractivity contribution in [3.05, 3.63) is 22.4 Å². The summed E-state index contributed by atoms with van der Waals surface area (Å²) in [5.74, 6) is -0.150. The van der Waals surface area contributed by atoms with Crippen molar-refractivity contribution in [1.82, 2.24) is 4.98 Å². The van der Waals surface area contributed by atoms with Crippen molar-refractivity contribution in [3.63, 3.8) is 0 Å². The molecule has 0 aromatic carbocycles. The number of carbonyl (C=O) groups excluding carboxylic acids is 1. The number of carbonyl (C=O) groups is 1. The smallest absolute Gasteiger partial charge is 0.310 e. The molecule has 0 aliphatic carbocycles. The third kappa shape index (κ3) is 2.79. The van der Waals surface area contributed by atoms with Gasteiger partial charge in [-0.2, -0.15) is 0 Å². The molecule has 0 spiro atoms. The Morgan fingerprint density at radius 1 is 1.55 bits per heavy atom. The highest BCUT2D eigenvalue weighted by Crippen LogP contribution is 2.33. The van der Waals surface area contributed by atoms with Gasteiger partial charge < -0.3 is 15.4 Å². The van der Waals surface area contributed by atoms with Crippen LogP contribution < -0.4 is 15.4 Å². The number of piperidine rings is 1. The highest BCUT2D eigenvalue weighted by Gasteiger charge is 2.27. The molecule has 0 radical (unpaired) electrons. The van der Waals surface area contributed by atoms with Crippen molar-refractivity contribution < 1.29 is 14.5 Å². The summed E-state index contributed by atoms with van der Waals surface area (Å²) < 4.78 is 5.01. The molecule has 2 N–H and O–H groups in total. The maximum Gasteiger partial charge on any atom is 0.310 e. The lowest BCUT2D eigenvalue weighted by Crippen LogP contribution is -2.38. The minimum atomic E-state index is -0.470. The molecular formula is C12H16N4O4. The average Bonchev–Trinajstić information content (AvgIpc) is 2.46. The molecule has 1 aromatic rings. The van der Waals surface area contributed by atoms with Crippen molar-refractivity contribution in [1.29, 1.82) is 0 Å². The second kappa shape index (κ2) is 5.72. The molecular weight excluding hydrogens is 264 g/mol. The van der Waals surface area contributed by atoms with Gasteiger partial charge in [-0.05, 0) is 12.8 Å². The van der Waals surface area contributed by atoms with Gasteiger partial charge in [-0.25, -0.2) is 4.98 Å². The van der Waals surface area contributed by atoms with Gasteiger partial charge in [0.05, 0.1) is 12.0 Å². The van der Waals surface area contributed by atoms with Crippen LogP contribution in [-0.4, -0.2) is 36.0 Å². The van der Waals surface area contributed by atoms with Crippen LogP contribution in [0.25, 0.3) is 0 Å². The third-order valence-corrected chi connectivity index (χ3v) is 3.48. The van der Waals surface area contributed by atoms with Gasteiger partial charge in [0.1, 0.15) is 11.9 Å². The first-order valence-electron chi connectivity index (χ1n) is 6.25. The molecule has 8 nitrogen and oxygen atoms in total. The predicted molar refractivity (Wildman–Crippen MR) is 71.6 cm³/mol. The number of anilines is 1. The second-order valence-corrected chi connectivity index (χ2v) is 4.64. The fourth-order valence-electron chi connectivity index (χ4n) is 2.33. The van der Waals surface area contributed by atoms with Gasteiger partial charge in [-0.3, -0.25) is 14.9 Å². The number of nitrogens with zero attached hydrogens (tertiary/aromatic N) is 3. The van der Waals surface area contributed by atoms with Crippen molar-refractivity contribution >= 4 is 17.3 Å². The number of ether oxygens (including phenoxy) is 1. The molecule has 20 heavy (non-hydrogen) atoms. The molecule has 0 bridgehead atoms. The first kappa shape index (κ1) is 14.0. The molecule has 8 heteroatoms. The Labute approximate surface area is 115 Å². The van der Waals surface area contributed by atoms with Crippen LogP contribution >= 0.6 is 0 Å². The molecule has 1 aliphatic rings. The number of rotatable bonds is 4. The summed E-state index contributed by atoms with van der Waals surface area (Å²) in [4.78, 5) is 27.4. The number of hydrogen-bond donors (Lipinski definition) is 1. The van der Waals surface area contributed by atoms with Crippen LogP contribution in [0.5, 0.6) is 5.88 Å². The molecule has 1 aliphatic heterocycles. The van der Waals surface area contributed by atoms with Crippen LogP contribution in [0.2, 0.25) is 0 Å². The Kier molecular flexibility index (Phi) is 4.02. The predicted octanol–water partition coefficient (Wildman–Crippen LogP) is 0.700. The van der Waals surface area contributed by atoms with Crippen LogP contribution in [-0.2, 0) is 4.79 Å². The topological polar surface area (TPSA) is 112 Å². The van der Waals surface area contributed by atoms with Gasteiger partial charge >= 0.3 is 5.69 Å². The number of methoxy groups -OCH3 is 1. The fraction of sp³-hybridized carbons (Fsp3) is 0.500. The Balaban J connectivity index is 2.23. The lowest BCUT2D eigenvalue weighted by Gasteiger charge is -2.31. The van der Waals surface area contributed by atoms with E-state index in [0.29, 0.717) is 37.5 Å². The largest absolute Gasteiger partial charge is 0.481 e.